The molecule has 0 aromatic heterocycles. The van der Waals surface area contributed by atoms with Crippen LogP contribution in [0.5, 0.6) is 0 Å². The van der Waals surface area contributed by atoms with Crippen LogP contribution in [0.15, 0.2) is 54.6 Å². The lowest BCUT2D eigenvalue weighted by Crippen LogP contribution is -2.53. The molecule has 0 aliphatic heterocycles. The average molecular weight is 503 g/mol. The predicted octanol–water partition coefficient (Wildman–Crippen LogP) is 3.33. The number of aryl methyl sites for hydroxylation is 1. The molecule has 2 amide bonds. The third-order valence-corrected chi connectivity index (χ3v) is 7.53. The van der Waals surface area contributed by atoms with Gasteiger partial charge in [0.2, 0.25) is 11.8 Å². The number of amides is 2. The van der Waals surface area contributed by atoms with E-state index >= 15 is 0 Å². The standard InChI is InChI=1S/C26H38N4O4S/c1-6-8-17-27-26(32)24(7-2)29(19-22-14-12-13-21(3)18-22)25(31)20-30(35(33,34)28(4)5)23-15-10-9-11-16-23/h9-16,18,24H,6-8,17,19-20H2,1-5H3,(H,27,32). The third kappa shape index (κ3) is 7.80. The number of nitrogens with one attached hydrogen (secondary N) is 1. The summed E-state index contributed by atoms with van der Waals surface area (Å²) < 4.78 is 28.4. The molecule has 1 unspecified atom stereocenters. The molecule has 192 valence electrons. The Morgan fingerprint density at radius 3 is 2.26 bits per heavy atom. The lowest BCUT2D eigenvalue weighted by Gasteiger charge is -2.34. The Kier molecular flexibility index (Phi) is 10.7. The van der Waals surface area contributed by atoms with Crippen molar-refractivity contribution >= 4 is 27.7 Å². The van der Waals surface area contributed by atoms with Crippen molar-refractivity contribution in [1.29, 1.82) is 0 Å². The van der Waals surface area contributed by atoms with E-state index in [1.807, 2.05) is 45.0 Å². The molecule has 0 bridgehead atoms. The number of carbonyl (C=O) groups is 2. The van der Waals surface area contributed by atoms with Crippen molar-refractivity contribution in [2.45, 2.75) is 52.6 Å². The third-order valence-electron chi connectivity index (χ3n) is 5.71. The smallest absolute Gasteiger partial charge is 0.304 e. The van der Waals surface area contributed by atoms with Crippen LogP contribution in [0.2, 0.25) is 0 Å². The summed E-state index contributed by atoms with van der Waals surface area (Å²) in [6.07, 6.45) is 2.19. The second-order valence-electron chi connectivity index (χ2n) is 8.71. The minimum atomic E-state index is -3.95. The molecular formula is C26H38N4O4S. The number of hydrogen-bond acceptors (Lipinski definition) is 4. The first-order valence-corrected chi connectivity index (χ1v) is 13.4. The highest BCUT2D eigenvalue weighted by molar-refractivity contribution is 7.90. The number of rotatable bonds is 13. The molecule has 1 N–H and O–H groups in total. The molecular weight excluding hydrogens is 464 g/mol. The van der Waals surface area contributed by atoms with E-state index in [9.17, 15) is 18.0 Å². The molecule has 0 saturated heterocycles. The zero-order valence-electron chi connectivity index (χ0n) is 21.4. The van der Waals surface area contributed by atoms with Crippen LogP contribution >= 0.6 is 0 Å². The van der Waals surface area contributed by atoms with Crippen molar-refractivity contribution in [3.8, 4) is 0 Å². The van der Waals surface area contributed by atoms with E-state index in [-0.39, 0.29) is 12.5 Å². The number of hydrogen-bond donors (Lipinski definition) is 1. The minimum absolute atomic E-state index is 0.199. The van der Waals surface area contributed by atoms with Gasteiger partial charge in [0.1, 0.15) is 12.6 Å². The normalized spacial score (nSPS) is 12.3. The van der Waals surface area contributed by atoms with Crippen molar-refractivity contribution in [2.75, 3.05) is 31.5 Å². The van der Waals surface area contributed by atoms with E-state index < -0.39 is 28.7 Å². The van der Waals surface area contributed by atoms with Gasteiger partial charge < -0.3 is 10.2 Å². The van der Waals surface area contributed by atoms with E-state index in [4.69, 9.17) is 0 Å². The van der Waals surface area contributed by atoms with Crippen LogP contribution in [0.25, 0.3) is 0 Å². The van der Waals surface area contributed by atoms with Gasteiger partial charge in [-0.2, -0.15) is 12.7 Å². The van der Waals surface area contributed by atoms with Gasteiger partial charge in [-0.3, -0.25) is 9.59 Å². The highest BCUT2D eigenvalue weighted by atomic mass is 32.2. The van der Waals surface area contributed by atoms with E-state index in [0.29, 0.717) is 18.7 Å². The first-order valence-electron chi connectivity index (χ1n) is 12.0. The van der Waals surface area contributed by atoms with Crippen molar-refractivity contribution in [3.63, 3.8) is 0 Å². The fourth-order valence-corrected chi connectivity index (χ4v) is 4.80. The van der Waals surface area contributed by atoms with Crippen LogP contribution in [0.3, 0.4) is 0 Å². The van der Waals surface area contributed by atoms with Gasteiger partial charge in [-0.05, 0) is 37.5 Å². The first-order chi connectivity index (χ1) is 16.6. The van der Waals surface area contributed by atoms with Gasteiger partial charge in [-0.25, -0.2) is 4.31 Å². The number of carbonyl (C=O) groups excluding carboxylic acids is 2. The van der Waals surface area contributed by atoms with Gasteiger partial charge in [0.25, 0.3) is 0 Å². The highest BCUT2D eigenvalue weighted by Gasteiger charge is 2.33. The Bertz CT molecular complexity index is 1070. The number of benzene rings is 2. The monoisotopic (exact) mass is 502 g/mol. The molecule has 0 aliphatic rings. The molecule has 2 aromatic carbocycles. The largest absolute Gasteiger partial charge is 0.354 e. The Morgan fingerprint density at radius 1 is 1.00 bits per heavy atom. The first kappa shape index (κ1) is 28.3. The zero-order valence-corrected chi connectivity index (χ0v) is 22.2. The van der Waals surface area contributed by atoms with Gasteiger partial charge in [0, 0.05) is 27.2 Å². The van der Waals surface area contributed by atoms with Crippen LogP contribution in [0.1, 0.15) is 44.2 Å². The molecule has 0 aliphatic carbocycles. The molecule has 1 atom stereocenters. The minimum Gasteiger partial charge on any atom is -0.354 e. The summed E-state index contributed by atoms with van der Waals surface area (Å²) in [7, 11) is -1.10. The second kappa shape index (κ2) is 13.3. The lowest BCUT2D eigenvalue weighted by molar-refractivity contribution is -0.140. The zero-order chi connectivity index (χ0) is 26.0. The molecule has 2 rings (SSSR count). The predicted molar refractivity (Wildman–Crippen MR) is 140 cm³/mol. The Balaban J connectivity index is 2.44. The number of para-hydroxylation sites is 1. The summed E-state index contributed by atoms with van der Waals surface area (Å²) in [6.45, 7) is 6.17. The van der Waals surface area contributed by atoms with E-state index in [1.165, 1.54) is 19.0 Å². The van der Waals surface area contributed by atoms with Crippen molar-refractivity contribution < 1.29 is 18.0 Å². The summed E-state index contributed by atoms with van der Waals surface area (Å²) in [5.74, 6) is -0.679. The van der Waals surface area contributed by atoms with Crippen molar-refractivity contribution in [1.82, 2.24) is 14.5 Å². The molecule has 8 nitrogen and oxygen atoms in total. The SMILES string of the molecule is CCCCNC(=O)C(CC)N(Cc1cccc(C)c1)C(=O)CN(c1ccccc1)S(=O)(=O)N(C)C. The molecule has 0 spiro atoms. The quantitative estimate of drug-likeness (QED) is 0.426. The molecule has 0 radical (unpaired) electrons. The maximum atomic E-state index is 13.7. The summed E-state index contributed by atoms with van der Waals surface area (Å²) in [5.41, 5.74) is 2.29. The fourth-order valence-electron chi connectivity index (χ4n) is 3.74. The summed E-state index contributed by atoms with van der Waals surface area (Å²) in [4.78, 5) is 28.3. The molecule has 9 heteroatoms. The van der Waals surface area contributed by atoms with Crippen LogP contribution in [-0.2, 0) is 26.3 Å². The summed E-state index contributed by atoms with van der Waals surface area (Å²) in [6, 6.07) is 15.5. The van der Waals surface area contributed by atoms with Crippen LogP contribution in [-0.4, -0.2) is 62.7 Å². The van der Waals surface area contributed by atoms with Gasteiger partial charge in [-0.1, -0.05) is 68.3 Å². The highest BCUT2D eigenvalue weighted by Crippen LogP contribution is 2.21. The summed E-state index contributed by atoms with van der Waals surface area (Å²) in [5, 5.41) is 2.93. The molecule has 2 aromatic rings. The number of nitrogens with zero attached hydrogens (tertiary/aromatic N) is 3. The molecule has 0 fully saturated rings. The second-order valence-corrected chi connectivity index (χ2v) is 10.8. The van der Waals surface area contributed by atoms with Gasteiger partial charge in [-0.15, -0.1) is 0 Å². The van der Waals surface area contributed by atoms with E-state index in [1.54, 1.807) is 30.3 Å². The van der Waals surface area contributed by atoms with Crippen molar-refractivity contribution in [3.05, 3.63) is 65.7 Å². The Labute approximate surface area is 210 Å². The Morgan fingerprint density at radius 2 is 1.69 bits per heavy atom. The van der Waals surface area contributed by atoms with Gasteiger partial charge in [0.05, 0.1) is 5.69 Å². The molecule has 0 saturated carbocycles. The van der Waals surface area contributed by atoms with Crippen LogP contribution in [0.4, 0.5) is 5.69 Å². The number of anilines is 1. The van der Waals surface area contributed by atoms with Crippen LogP contribution < -0.4 is 9.62 Å². The fraction of sp³-hybridized carbons (Fsp3) is 0.462. The lowest BCUT2D eigenvalue weighted by atomic mass is 10.1. The van der Waals surface area contributed by atoms with Gasteiger partial charge in [0.15, 0.2) is 0 Å². The topological polar surface area (TPSA) is 90.0 Å². The summed E-state index contributed by atoms with van der Waals surface area (Å²) >= 11 is 0. The average Bonchev–Trinajstić information content (AvgIpc) is 2.82. The van der Waals surface area contributed by atoms with Crippen LogP contribution in [0, 0.1) is 6.92 Å². The molecule has 0 heterocycles. The maximum Gasteiger partial charge on any atom is 0.304 e. The van der Waals surface area contributed by atoms with Gasteiger partial charge >= 0.3 is 10.2 Å². The molecule has 35 heavy (non-hydrogen) atoms. The van der Waals surface area contributed by atoms with E-state index in [2.05, 4.69) is 5.32 Å². The number of unbranched alkanes of at least 4 members (excludes halogenated alkanes) is 1. The van der Waals surface area contributed by atoms with Crippen molar-refractivity contribution in [2.24, 2.45) is 0 Å². The maximum absolute atomic E-state index is 13.7. The van der Waals surface area contributed by atoms with E-state index in [0.717, 1.165) is 32.6 Å². The Hall–Kier alpha value is -2.91.